The zero-order valence-electron chi connectivity index (χ0n) is 20.8. The first kappa shape index (κ1) is 27.2. The Hall–Kier alpha value is -4.43. The van der Waals surface area contributed by atoms with Gasteiger partial charge in [-0.3, -0.25) is 4.79 Å². The lowest BCUT2D eigenvalue weighted by Gasteiger charge is -2.37. The maximum absolute atomic E-state index is 13.6. The Labute approximate surface area is 216 Å². The van der Waals surface area contributed by atoms with Crippen LogP contribution in [0.4, 0.5) is 11.4 Å². The van der Waals surface area contributed by atoms with Gasteiger partial charge in [0.2, 0.25) is 11.5 Å². The molecule has 1 amide bonds. The van der Waals surface area contributed by atoms with E-state index in [4.69, 9.17) is 14.2 Å². The van der Waals surface area contributed by atoms with Gasteiger partial charge in [0.15, 0.2) is 6.04 Å². The van der Waals surface area contributed by atoms with Crippen molar-refractivity contribution in [3.05, 3.63) is 109 Å². The summed E-state index contributed by atoms with van der Waals surface area (Å²) < 4.78 is 16.9. The van der Waals surface area contributed by atoms with Crippen molar-refractivity contribution in [3.63, 3.8) is 0 Å². The molecule has 3 aromatic rings. The highest BCUT2D eigenvalue weighted by molar-refractivity contribution is 5.99. The number of anilines is 2. The third-order valence-corrected chi connectivity index (χ3v) is 5.58. The van der Waals surface area contributed by atoms with Gasteiger partial charge in [0, 0.05) is 11.4 Å². The number of nitrogens with one attached hydrogen (secondary N) is 2. The van der Waals surface area contributed by atoms with Crippen molar-refractivity contribution in [2.75, 3.05) is 24.4 Å². The Morgan fingerprint density at radius 2 is 1.51 bits per heavy atom. The van der Waals surface area contributed by atoms with E-state index in [2.05, 4.69) is 17.2 Å². The number of hydrogen-bond acceptors (Lipinski definition) is 7. The van der Waals surface area contributed by atoms with Crippen molar-refractivity contribution in [1.82, 2.24) is 0 Å². The first-order chi connectivity index (χ1) is 17.9. The predicted octanol–water partition coefficient (Wildman–Crippen LogP) is 4.44. The molecule has 0 bridgehead atoms. The molecule has 37 heavy (non-hydrogen) atoms. The van der Waals surface area contributed by atoms with E-state index in [0.29, 0.717) is 16.9 Å². The summed E-state index contributed by atoms with van der Waals surface area (Å²) in [5.41, 5.74) is 0.344. The molecule has 0 heterocycles. The summed E-state index contributed by atoms with van der Waals surface area (Å²) in [4.78, 5) is 38.6. The van der Waals surface area contributed by atoms with Crippen molar-refractivity contribution in [2.45, 2.75) is 25.2 Å². The maximum atomic E-state index is 13.6. The van der Waals surface area contributed by atoms with E-state index in [9.17, 15) is 14.4 Å². The van der Waals surface area contributed by atoms with Crippen LogP contribution >= 0.6 is 0 Å². The molecule has 2 N–H and O–H groups in total. The monoisotopic (exact) mass is 502 g/mol. The highest BCUT2D eigenvalue weighted by Crippen LogP contribution is 2.35. The number of carbonyl (C=O) groups is 3. The van der Waals surface area contributed by atoms with Crippen LogP contribution in [-0.2, 0) is 40.8 Å². The molecule has 0 aliphatic carbocycles. The first-order valence-electron chi connectivity index (χ1n) is 11.7. The first-order valence-corrected chi connectivity index (χ1v) is 11.7. The molecule has 3 rings (SSSR count). The molecule has 192 valence electrons. The maximum Gasteiger partial charge on any atom is 0.345 e. The van der Waals surface area contributed by atoms with Crippen LogP contribution in [0.2, 0.25) is 0 Å². The number of benzene rings is 3. The fourth-order valence-electron chi connectivity index (χ4n) is 3.80. The van der Waals surface area contributed by atoms with Crippen molar-refractivity contribution >= 4 is 29.2 Å². The topological polar surface area (TPSA) is 103 Å². The van der Waals surface area contributed by atoms with Gasteiger partial charge in [-0.05, 0) is 48.4 Å². The van der Waals surface area contributed by atoms with E-state index in [0.717, 1.165) is 11.6 Å². The molecule has 0 spiro atoms. The predicted molar refractivity (Wildman–Crippen MR) is 141 cm³/mol. The standard InChI is InChI=1S/C29H30N2O6/c1-4-25(32)30-23-16-18-24(19-17-23)31-26(27(33)36-5-2)29(28(34)35-3,22-14-10-7-11-15-22)37-20-21-12-8-6-9-13-21/h4,6-19,26,31H,1,5,20H2,2-3H3,(H,30,32). The summed E-state index contributed by atoms with van der Waals surface area (Å²) in [5.74, 6) is -1.82. The van der Waals surface area contributed by atoms with E-state index in [-0.39, 0.29) is 19.1 Å². The third kappa shape index (κ3) is 6.62. The molecule has 2 atom stereocenters. The summed E-state index contributed by atoms with van der Waals surface area (Å²) in [6.45, 7) is 5.23. The Morgan fingerprint density at radius 1 is 0.919 bits per heavy atom. The van der Waals surface area contributed by atoms with Crippen molar-refractivity contribution < 1.29 is 28.6 Å². The number of ether oxygens (including phenoxy) is 3. The lowest BCUT2D eigenvalue weighted by Crippen LogP contribution is -2.57. The highest BCUT2D eigenvalue weighted by Gasteiger charge is 2.54. The Bertz CT molecular complexity index is 1200. The molecule has 0 aromatic heterocycles. The van der Waals surface area contributed by atoms with E-state index >= 15 is 0 Å². The normalized spacial score (nSPS) is 12.9. The van der Waals surface area contributed by atoms with E-state index in [1.807, 2.05) is 30.3 Å². The second-order valence-electron chi connectivity index (χ2n) is 7.97. The lowest BCUT2D eigenvalue weighted by molar-refractivity contribution is -0.183. The minimum absolute atomic E-state index is 0.0228. The van der Waals surface area contributed by atoms with Gasteiger partial charge in [-0.15, -0.1) is 0 Å². The number of carbonyl (C=O) groups excluding carboxylic acids is 3. The number of rotatable bonds is 12. The van der Waals surface area contributed by atoms with Crippen LogP contribution in [0.1, 0.15) is 18.1 Å². The van der Waals surface area contributed by atoms with Gasteiger partial charge >= 0.3 is 11.9 Å². The molecule has 0 radical (unpaired) electrons. The van der Waals surface area contributed by atoms with Gasteiger partial charge in [0.25, 0.3) is 0 Å². The summed E-state index contributed by atoms with van der Waals surface area (Å²) >= 11 is 0. The van der Waals surface area contributed by atoms with Gasteiger partial charge in [0.05, 0.1) is 20.3 Å². The second kappa shape index (κ2) is 13.0. The number of amides is 1. The minimum atomic E-state index is -1.90. The van der Waals surface area contributed by atoms with Gasteiger partial charge in [0.1, 0.15) is 0 Å². The second-order valence-corrected chi connectivity index (χ2v) is 7.97. The van der Waals surface area contributed by atoms with Gasteiger partial charge in [-0.25, -0.2) is 9.59 Å². The van der Waals surface area contributed by atoms with Crippen LogP contribution in [0.15, 0.2) is 97.6 Å². The van der Waals surface area contributed by atoms with Crippen molar-refractivity contribution in [1.29, 1.82) is 0 Å². The van der Waals surface area contributed by atoms with Crippen LogP contribution in [0.25, 0.3) is 0 Å². The number of esters is 2. The molecular formula is C29H30N2O6. The fraction of sp³-hybridized carbons (Fsp3) is 0.207. The Morgan fingerprint density at radius 3 is 2.08 bits per heavy atom. The summed E-state index contributed by atoms with van der Waals surface area (Å²) in [5, 5.41) is 5.78. The van der Waals surface area contributed by atoms with Crippen LogP contribution < -0.4 is 10.6 Å². The third-order valence-electron chi connectivity index (χ3n) is 5.58. The molecule has 0 saturated heterocycles. The largest absolute Gasteiger partial charge is 0.467 e. The van der Waals surface area contributed by atoms with Gasteiger partial charge in [-0.2, -0.15) is 0 Å². The highest BCUT2D eigenvalue weighted by atomic mass is 16.6. The summed E-state index contributed by atoms with van der Waals surface area (Å²) in [7, 11) is 1.24. The zero-order chi connectivity index (χ0) is 26.7. The molecule has 0 aliphatic heterocycles. The van der Waals surface area contributed by atoms with Crippen LogP contribution in [0.5, 0.6) is 0 Å². The quantitative estimate of drug-likeness (QED) is 0.279. The molecule has 0 fully saturated rings. The average molecular weight is 503 g/mol. The van der Waals surface area contributed by atoms with Crippen LogP contribution in [0.3, 0.4) is 0 Å². The molecule has 8 nitrogen and oxygen atoms in total. The average Bonchev–Trinajstić information content (AvgIpc) is 2.94. The van der Waals surface area contributed by atoms with Crippen molar-refractivity contribution in [2.24, 2.45) is 0 Å². The molecule has 0 saturated carbocycles. The smallest absolute Gasteiger partial charge is 0.345 e. The van der Waals surface area contributed by atoms with E-state index in [1.165, 1.54) is 7.11 Å². The number of hydrogen-bond donors (Lipinski definition) is 2. The van der Waals surface area contributed by atoms with E-state index in [1.54, 1.807) is 61.5 Å². The van der Waals surface area contributed by atoms with Gasteiger partial charge in [-0.1, -0.05) is 67.2 Å². The minimum Gasteiger partial charge on any atom is -0.467 e. The molecule has 2 unspecified atom stereocenters. The Kier molecular flexibility index (Phi) is 9.57. The summed E-state index contributed by atoms with van der Waals surface area (Å²) in [6.07, 6.45) is 1.16. The van der Waals surface area contributed by atoms with Crippen LogP contribution in [0, 0.1) is 0 Å². The molecule has 8 heteroatoms. The fourth-order valence-corrected chi connectivity index (χ4v) is 3.80. The van der Waals surface area contributed by atoms with E-state index < -0.39 is 23.6 Å². The van der Waals surface area contributed by atoms with Crippen LogP contribution in [-0.4, -0.2) is 37.6 Å². The summed E-state index contributed by atoms with van der Waals surface area (Å²) in [6, 6.07) is 23.3. The Balaban J connectivity index is 2.09. The molecule has 3 aromatic carbocycles. The van der Waals surface area contributed by atoms with Gasteiger partial charge < -0.3 is 24.8 Å². The molecule has 0 aliphatic rings. The lowest BCUT2D eigenvalue weighted by atomic mass is 9.85. The zero-order valence-corrected chi connectivity index (χ0v) is 20.8. The number of methoxy groups -OCH3 is 1. The van der Waals surface area contributed by atoms with Crippen molar-refractivity contribution in [3.8, 4) is 0 Å². The SMILES string of the molecule is C=CC(=O)Nc1ccc(NC(C(=O)OCC)C(OCc2ccccc2)(C(=O)OC)c2ccccc2)cc1. The molecular weight excluding hydrogens is 472 g/mol.